The van der Waals surface area contributed by atoms with Gasteiger partial charge in [0.1, 0.15) is 5.82 Å². The van der Waals surface area contributed by atoms with Gasteiger partial charge in [0.15, 0.2) is 5.16 Å². The first-order chi connectivity index (χ1) is 14.6. The maximum Gasteiger partial charge on any atom is 0.262 e. The van der Waals surface area contributed by atoms with Crippen molar-refractivity contribution >= 4 is 28.6 Å². The summed E-state index contributed by atoms with van der Waals surface area (Å²) < 4.78 is 14.8. The summed E-state index contributed by atoms with van der Waals surface area (Å²) in [5.41, 5.74) is 1.23. The summed E-state index contributed by atoms with van der Waals surface area (Å²) >= 11 is 1.26. The number of hydrogen-bond donors (Lipinski definition) is 1. The smallest absolute Gasteiger partial charge is 0.262 e. The summed E-state index contributed by atoms with van der Waals surface area (Å²) in [6, 6.07) is 13.5. The van der Waals surface area contributed by atoms with Crippen LogP contribution in [0.25, 0.3) is 10.9 Å². The Hall–Kier alpha value is -2.67. The first-order valence-electron chi connectivity index (χ1n) is 10.3. The van der Waals surface area contributed by atoms with Crippen molar-refractivity contribution in [2.24, 2.45) is 0 Å². The van der Waals surface area contributed by atoms with Crippen molar-refractivity contribution in [2.45, 2.75) is 49.8 Å². The molecular formula is C23H24FN3O2S. The van der Waals surface area contributed by atoms with Gasteiger partial charge in [-0.3, -0.25) is 14.2 Å². The third kappa shape index (κ3) is 4.90. The minimum atomic E-state index is -0.322. The average Bonchev–Trinajstić information content (AvgIpc) is 2.76. The normalized spacial score (nSPS) is 14.7. The van der Waals surface area contributed by atoms with Crippen LogP contribution >= 0.6 is 11.8 Å². The van der Waals surface area contributed by atoms with Gasteiger partial charge in [0.25, 0.3) is 5.56 Å². The fourth-order valence-corrected chi connectivity index (χ4v) is 4.63. The molecule has 0 bridgehead atoms. The summed E-state index contributed by atoms with van der Waals surface area (Å²) in [5.74, 6) is -0.163. The molecule has 1 N–H and O–H groups in total. The molecule has 1 aliphatic rings. The summed E-state index contributed by atoms with van der Waals surface area (Å²) in [5, 5.41) is 4.11. The number of carbonyl (C=O) groups is 1. The number of para-hydroxylation sites is 1. The Morgan fingerprint density at radius 1 is 1.10 bits per heavy atom. The van der Waals surface area contributed by atoms with Crippen LogP contribution in [-0.2, 0) is 11.3 Å². The Morgan fingerprint density at radius 2 is 1.83 bits per heavy atom. The molecule has 30 heavy (non-hydrogen) atoms. The second-order valence-electron chi connectivity index (χ2n) is 7.62. The lowest BCUT2D eigenvalue weighted by molar-refractivity contribution is -0.119. The molecule has 1 saturated carbocycles. The van der Waals surface area contributed by atoms with E-state index in [0.717, 1.165) is 31.2 Å². The molecule has 0 aliphatic heterocycles. The number of aromatic nitrogens is 2. The highest BCUT2D eigenvalue weighted by atomic mass is 32.2. The Balaban J connectivity index is 1.57. The number of fused-ring (bicyclic) bond motifs is 1. The van der Waals surface area contributed by atoms with Crippen LogP contribution in [0.5, 0.6) is 0 Å². The van der Waals surface area contributed by atoms with Gasteiger partial charge < -0.3 is 5.32 Å². The van der Waals surface area contributed by atoms with E-state index in [-0.39, 0.29) is 35.6 Å². The van der Waals surface area contributed by atoms with Crippen molar-refractivity contribution < 1.29 is 9.18 Å². The van der Waals surface area contributed by atoms with Crippen molar-refractivity contribution in [1.82, 2.24) is 14.9 Å². The molecule has 1 aromatic heterocycles. The zero-order valence-electron chi connectivity index (χ0n) is 16.6. The number of thioether (sulfide) groups is 1. The van der Waals surface area contributed by atoms with E-state index in [1.54, 1.807) is 34.9 Å². The van der Waals surface area contributed by atoms with E-state index in [2.05, 4.69) is 10.3 Å². The van der Waals surface area contributed by atoms with Crippen LogP contribution in [0.1, 0.15) is 37.7 Å². The minimum absolute atomic E-state index is 0.0392. The van der Waals surface area contributed by atoms with E-state index in [4.69, 9.17) is 0 Å². The fourth-order valence-electron chi connectivity index (χ4n) is 3.82. The lowest BCUT2D eigenvalue weighted by atomic mass is 9.95. The van der Waals surface area contributed by atoms with Crippen molar-refractivity contribution in [2.75, 3.05) is 5.75 Å². The molecule has 0 radical (unpaired) electrons. The van der Waals surface area contributed by atoms with Gasteiger partial charge in [0.2, 0.25) is 5.91 Å². The molecule has 0 atom stereocenters. The van der Waals surface area contributed by atoms with Gasteiger partial charge in [-0.1, -0.05) is 55.3 Å². The minimum Gasteiger partial charge on any atom is -0.353 e. The molecule has 1 fully saturated rings. The standard InChI is InChI=1S/C23H24FN3O2S/c24-17-12-10-16(11-13-17)14-27-22(29)19-8-4-5-9-20(19)26-23(27)30-15-21(28)25-18-6-2-1-3-7-18/h4-5,8-13,18H,1-3,6-7,14-15H2,(H,25,28). The molecule has 5 nitrogen and oxygen atoms in total. The molecule has 0 saturated heterocycles. The molecule has 156 valence electrons. The SMILES string of the molecule is O=C(CSc1nc2ccccc2c(=O)n1Cc1ccc(F)cc1)NC1CCCCC1. The van der Waals surface area contributed by atoms with Gasteiger partial charge in [-0.2, -0.15) is 0 Å². The van der Waals surface area contributed by atoms with Gasteiger partial charge in [0, 0.05) is 6.04 Å². The van der Waals surface area contributed by atoms with Crippen LogP contribution in [0.15, 0.2) is 58.5 Å². The van der Waals surface area contributed by atoms with E-state index in [9.17, 15) is 14.0 Å². The second-order valence-corrected chi connectivity index (χ2v) is 8.56. The third-order valence-electron chi connectivity index (χ3n) is 5.38. The summed E-state index contributed by atoms with van der Waals surface area (Å²) in [4.78, 5) is 30.2. The maximum absolute atomic E-state index is 13.3. The van der Waals surface area contributed by atoms with Crippen LogP contribution in [0.3, 0.4) is 0 Å². The molecule has 7 heteroatoms. The summed E-state index contributed by atoms with van der Waals surface area (Å²) in [6.45, 7) is 0.267. The Labute approximate surface area is 178 Å². The first kappa shape index (κ1) is 20.6. The Bertz CT molecular complexity index is 1090. The van der Waals surface area contributed by atoms with Crippen molar-refractivity contribution in [1.29, 1.82) is 0 Å². The van der Waals surface area contributed by atoms with Gasteiger partial charge >= 0.3 is 0 Å². The highest BCUT2D eigenvalue weighted by Gasteiger charge is 2.17. The van der Waals surface area contributed by atoms with Crippen LogP contribution in [-0.4, -0.2) is 27.3 Å². The quantitative estimate of drug-likeness (QED) is 0.477. The van der Waals surface area contributed by atoms with Gasteiger partial charge in [-0.05, 0) is 42.7 Å². The first-order valence-corrected chi connectivity index (χ1v) is 11.2. The summed E-state index contributed by atoms with van der Waals surface area (Å²) in [7, 11) is 0. The number of benzene rings is 2. The molecule has 1 amide bonds. The highest BCUT2D eigenvalue weighted by Crippen LogP contribution is 2.21. The van der Waals surface area contributed by atoms with E-state index >= 15 is 0 Å². The number of hydrogen-bond acceptors (Lipinski definition) is 4. The van der Waals surface area contributed by atoms with Crippen LogP contribution in [0, 0.1) is 5.82 Å². The van der Waals surface area contributed by atoms with Crippen molar-refractivity contribution in [3.8, 4) is 0 Å². The molecule has 1 aliphatic carbocycles. The van der Waals surface area contributed by atoms with Crippen LogP contribution < -0.4 is 10.9 Å². The maximum atomic E-state index is 13.3. The molecule has 0 unspecified atom stereocenters. The fraction of sp³-hybridized carbons (Fsp3) is 0.348. The van der Waals surface area contributed by atoms with Gasteiger partial charge in [-0.15, -0.1) is 0 Å². The summed E-state index contributed by atoms with van der Waals surface area (Å²) in [6.07, 6.45) is 5.60. The molecule has 1 heterocycles. The number of nitrogens with zero attached hydrogens (tertiary/aromatic N) is 2. The number of halogens is 1. The molecule has 2 aromatic carbocycles. The topological polar surface area (TPSA) is 64.0 Å². The third-order valence-corrected chi connectivity index (χ3v) is 6.36. The molecule has 0 spiro atoms. The number of amides is 1. The van der Waals surface area contributed by atoms with Gasteiger partial charge in [0.05, 0.1) is 23.2 Å². The van der Waals surface area contributed by atoms with Crippen LogP contribution in [0.2, 0.25) is 0 Å². The number of rotatable bonds is 6. The van der Waals surface area contributed by atoms with Crippen molar-refractivity contribution in [3.63, 3.8) is 0 Å². The van der Waals surface area contributed by atoms with Gasteiger partial charge in [-0.25, -0.2) is 9.37 Å². The lowest BCUT2D eigenvalue weighted by Gasteiger charge is -2.22. The predicted molar refractivity (Wildman–Crippen MR) is 117 cm³/mol. The zero-order valence-corrected chi connectivity index (χ0v) is 17.5. The molecular weight excluding hydrogens is 401 g/mol. The predicted octanol–water partition coefficient (Wildman–Crippen LogP) is 4.12. The largest absolute Gasteiger partial charge is 0.353 e. The lowest BCUT2D eigenvalue weighted by Crippen LogP contribution is -2.37. The van der Waals surface area contributed by atoms with E-state index < -0.39 is 0 Å². The van der Waals surface area contributed by atoms with Crippen molar-refractivity contribution in [3.05, 3.63) is 70.3 Å². The monoisotopic (exact) mass is 425 g/mol. The average molecular weight is 426 g/mol. The Morgan fingerprint density at radius 3 is 2.60 bits per heavy atom. The van der Waals surface area contributed by atoms with E-state index in [1.165, 1.54) is 30.3 Å². The van der Waals surface area contributed by atoms with E-state index in [1.807, 2.05) is 6.07 Å². The number of carbonyl (C=O) groups excluding carboxylic acids is 1. The number of nitrogens with one attached hydrogen (secondary N) is 1. The Kier molecular flexibility index (Phi) is 6.47. The zero-order chi connectivity index (χ0) is 20.9. The molecule has 3 aromatic rings. The second kappa shape index (κ2) is 9.43. The molecule has 4 rings (SSSR count). The van der Waals surface area contributed by atoms with Crippen LogP contribution in [0.4, 0.5) is 4.39 Å². The van der Waals surface area contributed by atoms with E-state index in [0.29, 0.717) is 16.1 Å². The highest BCUT2D eigenvalue weighted by molar-refractivity contribution is 7.99.